The minimum atomic E-state index is -1.51. The summed E-state index contributed by atoms with van der Waals surface area (Å²) in [4.78, 5) is 27.0. The van der Waals surface area contributed by atoms with E-state index in [4.69, 9.17) is 20.6 Å². The molecule has 6 rings (SSSR count). The van der Waals surface area contributed by atoms with Gasteiger partial charge in [-0.1, -0.05) is 42.8 Å². The smallest absolute Gasteiger partial charge is 0.424 e. The van der Waals surface area contributed by atoms with Gasteiger partial charge in [0.05, 0.1) is 11.5 Å². The highest BCUT2D eigenvalue weighted by Gasteiger charge is 2.72. The number of ketones is 1. The Morgan fingerprint density at radius 2 is 2.09 bits per heavy atom. The molecule has 2 aliphatic carbocycles. The third-order valence-electron chi connectivity index (χ3n) is 7.47. The molecule has 33 heavy (non-hydrogen) atoms. The Morgan fingerprint density at radius 1 is 1.27 bits per heavy atom. The second-order valence-corrected chi connectivity index (χ2v) is 8.88. The van der Waals surface area contributed by atoms with Crippen molar-refractivity contribution >= 4 is 11.9 Å². The van der Waals surface area contributed by atoms with Gasteiger partial charge in [0.25, 0.3) is 0 Å². The zero-order valence-electron chi connectivity index (χ0n) is 17.7. The van der Waals surface area contributed by atoms with Crippen LogP contribution in [-0.4, -0.2) is 46.2 Å². The normalized spacial score (nSPS) is 30.2. The van der Waals surface area contributed by atoms with Crippen LogP contribution in [0, 0.1) is 12.5 Å². The summed E-state index contributed by atoms with van der Waals surface area (Å²) in [6, 6.07) is 12.9. The summed E-state index contributed by atoms with van der Waals surface area (Å²) in [6.07, 6.45) is 9.07. The third kappa shape index (κ3) is 2.50. The number of ether oxygens (including phenoxy) is 3. The van der Waals surface area contributed by atoms with Crippen molar-refractivity contribution in [3.05, 3.63) is 71.3 Å². The number of terminal acetylenes is 1. The number of hydrogen-bond acceptors (Lipinski definition) is 6. The van der Waals surface area contributed by atoms with Crippen molar-refractivity contribution in [3.8, 4) is 24.0 Å². The van der Waals surface area contributed by atoms with Gasteiger partial charge in [-0.25, -0.2) is 4.79 Å². The van der Waals surface area contributed by atoms with Gasteiger partial charge in [0.15, 0.2) is 23.4 Å². The maximum Gasteiger partial charge on any atom is 0.424 e. The van der Waals surface area contributed by atoms with Gasteiger partial charge in [-0.15, -0.1) is 0 Å². The molecule has 166 valence electrons. The van der Waals surface area contributed by atoms with Crippen molar-refractivity contribution in [1.82, 2.24) is 4.90 Å². The Morgan fingerprint density at radius 3 is 2.88 bits per heavy atom. The first kappa shape index (κ1) is 19.9. The van der Waals surface area contributed by atoms with E-state index in [1.54, 1.807) is 0 Å². The summed E-state index contributed by atoms with van der Waals surface area (Å²) >= 11 is 0. The molecule has 1 amide bonds. The van der Waals surface area contributed by atoms with Crippen LogP contribution < -0.4 is 9.47 Å². The van der Waals surface area contributed by atoms with Crippen molar-refractivity contribution in [2.45, 2.75) is 42.6 Å². The summed E-state index contributed by atoms with van der Waals surface area (Å²) in [6.45, 7) is 0.626. The molecule has 0 radical (unpaired) electrons. The van der Waals surface area contributed by atoms with E-state index in [0.29, 0.717) is 30.9 Å². The van der Waals surface area contributed by atoms with E-state index in [0.717, 1.165) is 16.7 Å². The second kappa shape index (κ2) is 6.87. The quantitative estimate of drug-likeness (QED) is 0.734. The molecular formula is C26H21NO6. The van der Waals surface area contributed by atoms with Crippen LogP contribution in [0.2, 0.25) is 0 Å². The lowest BCUT2D eigenvalue weighted by atomic mass is 9.51. The highest BCUT2D eigenvalue weighted by Crippen LogP contribution is 2.63. The van der Waals surface area contributed by atoms with Crippen molar-refractivity contribution in [2.75, 3.05) is 6.54 Å². The predicted octanol–water partition coefficient (Wildman–Crippen LogP) is 2.49. The van der Waals surface area contributed by atoms with Gasteiger partial charge < -0.3 is 24.2 Å². The first-order valence-electron chi connectivity index (χ1n) is 10.9. The molecular weight excluding hydrogens is 422 g/mol. The van der Waals surface area contributed by atoms with E-state index in [1.807, 2.05) is 48.6 Å². The van der Waals surface area contributed by atoms with E-state index < -0.39 is 29.3 Å². The molecule has 1 N–H and O–H groups in total. The number of carbonyl (C=O) groups excluding carboxylic acids is 2. The third-order valence-corrected chi connectivity index (χ3v) is 7.47. The number of nitrogens with zero attached hydrogens (tertiary/aromatic N) is 1. The number of hydrogen-bond donors (Lipinski definition) is 1. The van der Waals surface area contributed by atoms with Gasteiger partial charge in [0.1, 0.15) is 18.3 Å². The average Bonchev–Trinajstić information content (AvgIpc) is 3.17. The molecule has 2 aromatic carbocycles. The number of rotatable bonds is 3. The summed E-state index contributed by atoms with van der Waals surface area (Å²) in [5.41, 5.74) is 0.208. The minimum Gasteiger partial charge on any atom is -0.485 e. The largest absolute Gasteiger partial charge is 0.485 e. The van der Waals surface area contributed by atoms with E-state index in [9.17, 15) is 14.7 Å². The summed E-state index contributed by atoms with van der Waals surface area (Å²) < 4.78 is 17.2. The van der Waals surface area contributed by atoms with Crippen LogP contribution in [0.25, 0.3) is 0 Å². The van der Waals surface area contributed by atoms with Crippen molar-refractivity contribution in [2.24, 2.45) is 0 Å². The SMILES string of the molecule is C#COC(=O)N1CC[C@]23c4c5ccc(OCc6ccccc6)c4O[C@H]2C(=O)C=C[C@@]3(O)C1C5. The Balaban J connectivity index is 1.47. The Labute approximate surface area is 190 Å². The van der Waals surface area contributed by atoms with Gasteiger partial charge in [-0.05, 0) is 42.2 Å². The highest BCUT2D eigenvalue weighted by atomic mass is 16.5. The number of benzene rings is 2. The fraction of sp³-hybridized carbons (Fsp3) is 0.308. The number of carbonyl (C=O) groups is 2. The topological polar surface area (TPSA) is 85.3 Å². The summed E-state index contributed by atoms with van der Waals surface area (Å²) in [5.74, 6) is 0.822. The van der Waals surface area contributed by atoms with E-state index in [2.05, 4.69) is 0 Å². The molecule has 1 unspecified atom stereocenters. The first-order chi connectivity index (χ1) is 16.0. The minimum absolute atomic E-state index is 0.212. The molecule has 2 aromatic rings. The monoisotopic (exact) mass is 443 g/mol. The van der Waals surface area contributed by atoms with Gasteiger partial charge >= 0.3 is 6.09 Å². The van der Waals surface area contributed by atoms with E-state index in [-0.39, 0.29) is 12.3 Å². The first-order valence-corrected chi connectivity index (χ1v) is 10.9. The van der Waals surface area contributed by atoms with E-state index >= 15 is 0 Å². The molecule has 2 bridgehead atoms. The van der Waals surface area contributed by atoms with Crippen molar-refractivity contribution in [1.29, 1.82) is 0 Å². The highest BCUT2D eigenvalue weighted by molar-refractivity contribution is 5.99. The lowest BCUT2D eigenvalue weighted by molar-refractivity contribution is -0.150. The zero-order valence-corrected chi connectivity index (χ0v) is 17.7. The van der Waals surface area contributed by atoms with Crippen LogP contribution in [0.1, 0.15) is 23.1 Å². The van der Waals surface area contributed by atoms with E-state index in [1.165, 1.54) is 17.1 Å². The van der Waals surface area contributed by atoms with Crippen LogP contribution in [0.5, 0.6) is 11.5 Å². The molecule has 2 aliphatic heterocycles. The van der Waals surface area contributed by atoms with Crippen LogP contribution in [0.3, 0.4) is 0 Å². The molecule has 1 spiro atoms. The van der Waals surface area contributed by atoms with Crippen molar-refractivity contribution < 1.29 is 28.9 Å². The predicted molar refractivity (Wildman–Crippen MR) is 117 cm³/mol. The number of piperidine rings is 1. The van der Waals surface area contributed by atoms with Gasteiger partial charge in [-0.3, -0.25) is 4.79 Å². The van der Waals surface area contributed by atoms with Gasteiger partial charge in [-0.2, -0.15) is 0 Å². The zero-order chi connectivity index (χ0) is 22.8. The molecule has 2 heterocycles. The van der Waals surface area contributed by atoms with Crippen LogP contribution in [0.4, 0.5) is 4.79 Å². The maximum absolute atomic E-state index is 13.0. The molecule has 7 heteroatoms. The number of amides is 1. The average molecular weight is 443 g/mol. The van der Waals surface area contributed by atoms with Crippen molar-refractivity contribution in [3.63, 3.8) is 0 Å². The molecule has 4 aliphatic rings. The fourth-order valence-electron chi connectivity index (χ4n) is 6.09. The molecule has 1 fully saturated rings. The number of likely N-dealkylation sites (tertiary alicyclic amines) is 1. The molecule has 0 aromatic heterocycles. The van der Waals surface area contributed by atoms with Crippen LogP contribution >= 0.6 is 0 Å². The standard InChI is InChI=1S/C26H21NO6/c1-2-31-24(29)27-13-12-25-21-17-8-9-19(32-15-16-6-4-3-5-7-16)22(21)33-23(25)18(28)10-11-26(25,30)20(27)14-17/h1,3-11,20,23,30H,12-15H2/t20?,23-,25-,26+/m0/s1. The van der Waals surface area contributed by atoms with Crippen LogP contribution in [-0.2, 0) is 28.0 Å². The Kier molecular flexibility index (Phi) is 4.14. The lowest BCUT2D eigenvalue weighted by Gasteiger charge is -2.60. The molecule has 0 saturated carbocycles. The summed E-state index contributed by atoms with van der Waals surface area (Å²) in [5, 5.41) is 12.1. The molecule has 1 saturated heterocycles. The molecule has 4 atom stereocenters. The van der Waals surface area contributed by atoms with Gasteiger partial charge in [0, 0.05) is 12.1 Å². The summed E-state index contributed by atoms with van der Waals surface area (Å²) in [7, 11) is 0. The second-order valence-electron chi connectivity index (χ2n) is 8.88. The van der Waals surface area contributed by atoms with Gasteiger partial charge in [0.2, 0.25) is 0 Å². The van der Waals surface area contributed by atoms with Crippen LogP contribution in [0.15, 0.2) is 54.6 Å². The Hall–Kier alpha value is -3.76. The fourth-order valence-corrected chi connectivity index (χ4v) is 6.09. The maximum atomic E-state index is 13.0. The lowest BCUT2D eigenvalue weighted by Crippen LogP contribution is -2.75. The Bertz CT molecular complexity index is 1250. The number of aliphatic hydroxyl groups is 1. The molecule has 7 nitrogen and oxygen atoms in total.